The molecule has 1 atom stereocenters. The van der Waals surface area contributed by atoms with Gasteiger partial charge in [0, 0.05) is 36.1 Å². The number of nitrogens with one attached hydrogen (secondary N) is 4. The molecular weight excluding hydrogens is 813 g/mol. The lowest BCUT2D eigenvalue weighted by Crippen LogP contribution is -2.27. The number of nitrogens with zero attached hydrogens (tertiary/aromatic N) is 4. The van der Waals surface area contributed by atoms with Crippen LogP contribution in [0.2, 0.25) is 0 Å². The van der Waals surface area contributed by atoms with Crippen LogP contribution in [0.1, 0.15) is 71.9 Å². The molecule has 0 unspecified atom stereocenters. The number of aromatic hydroxyl groups is 1. The zero-order valence-electron chi connectivity index (χ0n) is 34.0. The number of anilines is 3. The summed E-state index contributed by atoms with van der Waals surface area (Å²) in [5, 5.41) is 37.1. The Balaban J connectivity index is 1.06. The molecule has 0 saturated carbocycles. The number of aromatic nitrogens is 5. The Bertz CT molecular complexity index is 2680. The number of methoxy groups -OCH3 is 2. The Morgan fingerprint density at radius 2 is 1.33 bits per heavy atom. The SMILES string of the molecule is COc1nc(C(=O)Nc2ccc(C(=O)O)nc2OC)ccc1NC(=O)c1ccc(NC(=O)[C@@H](CC(=O)c2ccc(CC(=O)/C(C)=C/c3ccc(O)cc3)cc2)Cc2cn[nH]n2)cc1. The molecule has 18 heteroatoms. The van der Waals surface area contributed by atoms with Gasteiger partial charge in [0.05, 0.1) is 32.0 Å². The molecule has 3 heterocycles. The number of aromatic carboxylic acids is 1. The van der Waals surface area contributed by atoms with Crippen molar-refractivity contribution in [2.45, 2.75) is 26.2 Å². The largest absolute Gasteiger partial charge is 0.508 e. The summed E-state index contributed by atoms with van der Waals surface area (Å²) < 4.78 is 10.4. The molecule has 0 spiro atoms. The Morgan fingerprint density at radius 1 is 0.730 bits per heavy atom. The number of hydrogen-bond donors (Lipinski definition) is 6. The van der Waals surface area contributed by atoms with Crippen molar-refractivity contribution in [3.05, 3.63) is 148 Å². The highest BCUT2D eigenvalue weighted by Gasteiger charge is 2.25. The van der Waals surface area contributed by atoms with E-state index in [4.69, 9.17) is 9.47 Å². The van der Waals surface area contributed by atoms with Gasteiger partial charge in [-0.2, -0.15) is 15.4 Å². The number of hydrogen-bond acceptors (Lipinski definition) is 13. The van der Waals surface area contributed by atoms with Crippen molar-refractivity contribution in [2.24, 2.45) is 5.92 Å². The molecule has 0 bridgehead atoms. The Morgan fingerprint density at radius 3 is 1.94 bits per heavy atom. The number of phenolic OH excluding ortho intramolecular Hbond substituents is 1. The van der Waals surface area contributed by atoms with Gasteiger partial charge in [0.2, 0.25) is 17.7 Å². The van der Waals surface area contributed by atoms with Crippen LogP contribution >= 0.6 is 0 Å². The number of phenols is 1. The van der Waals surface area contributed by atoms with E-state index in [2.05, 4.69) is 41.3 Å². The zero-order valence-corrected chi connectivity index (χ0v) is 34.0. The van der Waals surface area contributed by atoms with Gasteiger partial charge in [-0.1, -0.05) is 36.4 Å². The van der Waals surface area contributed by atoms with Crippen molar-refractivity contribution in [3.63, 3.8) is 0 Å². The monoisotopic (exact) mass is 852 g/mol. The third-order valence-electron chi connectivity index (χ3n) is 9.55. The summed E-state index contributed by atoms with van der Waals surface area (Å²) in [6.07, 6.45) is 3.27. The molecule has 0 radical (unpaired) electrons. The highest BCUT2D eigenvalue weighted by atomic mass is 16.5. The maximum atomic E-state index is 13.6. The number of carbonyl (C=O) groups is 6. The molecule has 3 amide bonds. The van der Waals surface area contributed by atoms with Gasteiger partial charge in [-0.15, -0.1) is 0 Å². The summed E-state index contributed by atoms with van der Waals surface area (Å²) in [4.78, 5) is 85.5. The normalized spacial score (nSPS) is 11.5. The zero-order chi connectivity index (χ0) is 45.0. The van der Waals surface area contributed by atoms with Gasteiger partial charge in [-0.05, 0) is 90.4 Å². The Hall–Kier alpha value is -8.54. The van der Waals surface area contributed by atoms with Crippen LogP contribution in [0.25, 0.3) is 6.08 Å². The van der Waals surface area contributed by atoms with Gasteiger partial charge in [0.15, 0.2) is 17.3 Å². The minimum absolute atomic E-state index is 0.0735. The molecule has 63 heavy (non-hydrogen) atoms. The fourth-order valence-electron chi connectivity index (χ4n) is 6.17. The summed E-state index contributed by atoms with van der Waals surface area (Å²) >= 11 is 0. The maximum Gasteiger partial charge on any atom is 0.354 e. The van der Waals surface area contributed by atoms with Crippen LogP contribution in [0, 0.1) is 5.92 Å². The third kappa shape index (κ3) is 11.6. The number of aromatic amines is 1. The van der Waals surface area contributed by atoms with E-state index in [0.717, 1.165) is 5.56 Å². The number of carboxylic acid groups (broad SMARTS) is 1. The smallest absolute Gasteiger partial charge is 0.354 e. The van der Waals surface area contributed by atoms with Gasteiger partial charge in [-0.25, -0.2) is 14.8 Å². The Labute approximate surface area is 359 Å². The van der Waals surface area contributed by atoms with Gasteiger partial charge < -0.3 is 35.6 Å². The highest BCUT2D eigenvalue weighted by molar-refractivity contribution is 6.07. The molecule has 320 valence electrons. The third-order valence-corrected chi connectivity index (χ3v) is 9.55. The molecule has 0 fully saturated rings. The van der Waals surface area contributed by atoms with E-state index in [-0.39, 0.29) is 76.7 Å². The van der Waals surface area contributed by atoms with Crippen LogP contribution in [-0.2, 0) is 22.4 Å². The molecule has 6 N–H and O–H groups in total. The number of ether oxygens (including phenoxy) is 2. The van der Waals surface area contributed by atoms with Gasteiger partial charge in [-0.3, -0.25) is 24.0 Å². The van der Waals surface area contributed by atoms with Gasteiger partial charge in [0.1, 0.15) is 22.8 Å². The average molecular weight is 853 g/mol. The van der Waals surface area contributed by atoms with Crippen LogP contribution in [-0.4, -0.2) is 85.1 Å². The van der Waals surface area contributed by atoms with Crippen molar-refractivity contribution in [2.75, 3.05) is 30.2 Å². The number of pyridine rings is 2. The lowest BCUT2D eigenvalue weighted by atomic mass is 9.92. The van der Waals surface area contributed by atoms with Crippen molar-refractivity contribution < 1.29 is 48.5 Å². The summed E-state index contributed by atoms with van der Waals surface area (Å²) in [6, 6.07) is 24.5. The number of ketones is 2. The second kappa shape index (κ2) is 20.1. The van der Waals surface area contributed by atoms with Crippen LogP contribution in [0.5, 0.6) is 17.5 Å². The Kier molecular flexibility index (Phi) is 14.1. The van der Waals surface area contributed by atoms with E-state index in [1.54, 1.807) is 61.5 Å². The number of amides is 3. The van der Waals surface area contributed by atoms with E-state index >= 15 is 0 Å². The predicted molar refractivity (Wildman–Crippen MR) is 229 cm³/mol. The topological polar surface area (TPSA) is 265 Å². The molecule has 6 aromatic rings. The number of rotatable bonds is 18. The number of carbonyl (C=O) groups excluding carboxylic acids is 5. The van der Waals surface area contributed by atoms with Crippen molar-refractivity contribution in [3.8, 4) is 17.5 Å². The molecule has 0 saturated heterocycles. The van der Waals surface area contributed by atoms with Crippen molar-refractivity contribution in [1.82, 2.24) is 25.4 Å². The fraction of sp³-hybridized carbons (Fsp3) is 0.156. The van der Waals surface area contributed by atoms with Gasteiger partial charge in [0.25, 0.3) is 11.8 Å². The molecule has 0 aliphatic heterocycles. The van der Waals surface area contributed by atoms with Crippen LogP contribution in [0.4, 0.5) is 17.1 Å². The average Bonchev–Trinajstić information content (AvgIpc) is 3.80. The lowest BCUT2D eigenvalue weighted by molar-refractivity contribution is -0.120. The summed E-state index contributed by atoms with van der Waals surface area (Å²) in [5.41, 5.74) is 3.33. The second-order valence-electron chi connectivity index (χ2n) is 14.0. The summed E-state index contributed by atoms with van der Waals surface area (Å²) in [7, 11) is 2.58. The van der Waals surface area contributed by atoms with E-state index in [0.29, 0.717) is 28.1 Å². The molecule has 6 rings (SSSR count). The minimum Gasteiger partial charge on any atom is -0.508 e. The van der Waals surface area contributed by atoms with Crippen molar-refractivity contribution >= 4 is 58.4 Å². The second-order valence-corrected chi connectivity index (χ2v) is 14.0. The van der Waals surface area contributed by atoms with Crippen molar-refractivity contribution in [1.29, 1.82) is 0 Å². The number of Topliss-reactive ketones (excluding diaryl/α,β-unsaturated/α-hetero) is 2. The minimum atomic E-state index is -1.27. The standard InChI is InChI=1S/C45H40N8O10/c1-25(20-26-6-14-33(54)15-7-26)38(55)21-27-4-8-28(9-5-27)39(56)23-30(22-32-24-46-53-52-32)41(58)47-31-12-10-29(11-13-31)40(57)48-35-17-16-34(50-43(35)62-2)42(59)49-36-18-19-37(45(60)61)51-44(36)63-3/h4-20,24,30,54H,21-23H2,1-3H3,(H,47,58)(H,48,57)(H,49,59)(H,60,61)(H,46,52,53)/b25-20+/t30-/m1/s1. The van der Waals surface area contributed by atoms with E-state index in [9.17, 15) is 39.0 Å². The maximum absolute atomic E-state index is 13.6. The van der Waals surface area contributed by atoms with Crippen LogP contribution in [0.3, 0.4) is 0 Å². The molecule has 0 aliphatic carbocycles. The van der Waals surface area contributed by atoms with Gasteiger partial charge >= 0.3 is 5.97 Å². The summed E-state index contributed by atoms with van der Waals surface area (Å²) in [6.45, 7) is 1.72. The summed E-state index contributed by atoms with van der Waals surface area (Å²) in [5.74, 6) is -4.28. The first-order valence-corrected chi connectivity index (χ1v) is 19.1. The quantitative estimate of drug-likeness (QED) is 0.0441. The van der Waals surface area contributed by atoms with Crippen LogP contribution in [0.15, 0.2) is 109 Å². The predicted octanol–water partition coefficient (Wildman–Crippen LogP) is 5.81. The lowest BCUT2D eigenvalue weighted by Gasteiger charge is -2.16. The van der Waals surface area contributed by atoms with E-state index in [1.807, 2.05) is 0 Å². The molecule has 3 aromatic heterocycles. The first kappa shape index (κ1) is 44.0. The molecule has 18 nitrogen and oxygen atoms in total. The number of carboxylic acids is 1. The van der Waals surface area contributed by atoms with E-state index < -0.39 is 29.6 Å². The number of allylic oxidation sites excluding steroid dienone is 1. The molecule has 3 aromatic carbocycles. The fourth-order valence-corrected chi connectivity index (χ4v) is 6.17. The first-order chi connectivity index (χ1) is 30.3. The number of H-pyrrole nitrogens is 1. The highest BCUT2D eigenvalue weighted by Crippen LogP contribution is 2.26. The first-order valence-electron chi connectivity index (χ1n) is 19.1. The molecule has 0 aliphatic rings. The van der Waals surface area contributed by atoms with Crippen LogP contribution < -0.4 is 25.4 Å². The molecular formula is C45H40N8O10. The van der Waals surface area contributed by atoms with E-state index in [1.165, 1.54) is 68.9 Å². The number of benzene rings is 3.